The number of thioether (sulfide) groups is 1. The summed E-state index contributed by atoms with van der Waals surface area (Å²) in [6.07, 6.45) is 1.04. The number of carbonyl (C=O) groups excluding carboxylic acids is 1. The van der Waals surface area contributed by atoms with Crippen molar-refractivity contribution in [3.05, 3.63) is 29.8 Å². The molecule has 1 heterocycles. The summed E-state index contributed by atoms with van der Waals surface area (Å²) in [6.45, 7) is 5.10. The zero-order valence-electron chi connectivity index (χ0n) is 11.9. The number of hydrogen-bond donors (Lipinski definition) is 1. The van der Waals surface area contributed by atoms with Gasteiger partial charge < -0.3 is 10.1 Å². The van der Waals surface area contributed by atoms with Crippen LogP contribution in [0.2, 0.25) is 0 Å². The summed E-state index contributed by atoms with van der Waals surface area (Å²) in [4.78, 5) is 16.0. The van der Waals surface area contributed by atoms with Crippen molar-refractivity contribution >= 4 is 22.8 Å². The molecule has 108 valence electrons. The van der Waals surface area contributed by atoms with E-state index in [2.05, 4.69) is 30.2 Å². The molecule has 1 amide bonds. The Labute approximate surface area is 124 Å². The lowest BCUT2D eigenvalue weighted by molar-refractivity contribution is -0.121. The molecule has 2 rings (SSSR count). The maximum absolute atomic E-state index is 11.8. The molecule has 20 heavy (non-hydrogen) atoms. The molecule has 0 bridgehead atoms. The monoisotopic (exact) mass is 292 g/mol. The number of hydrogen-bond acceptors (Lipinski definition) is 4. The molecule has 1 aromatic rings. The fraction of sp³-hybridized carbons (Fsp3) is 0.467. The first kappa shape index (κ1) is 14.9. The Hall–Kier alpha value is -1.49. The molecule has 1 atom stereocenters. The number of aliphatic imine (C=N–C) groups is 1. The Morgan fingerprint density at radius 1 is 1.50 bits per heavy atom. The molecule has 1 aliphatic rings. The third-order valence-corrected chi connectivity index (χ3v) is 4.14. The first-order chi connectivity index (χ1) is 9.70. The molecule has 0 radical (unpaired) electrons. The number of nitrogens with zero attached hydrogens (tertiary/aromatic N) is 1. The van der Waals surface area contributed by atoms with Gasteiger partial charge in [0.1, 0.15) is 5.75 Å². The summed E-state index contributed by atoms with van der Waals surface area (Å²) in [5.41, 5.74) is 1.15. The largest absolute Gasteiger partial charge is 0.483 e. The van der Waals surface area contributed by atoms with E-state index in [-0.39, 0.29) is 12.5 Å². The van der Waals surface area contributed by atoms with Crippen LogP contribution in [0.1, 0.15) is 31.7 Å². The van der Waals surface area contributed by atoms with Gasteiger partial charge in [0.15, 0.2) is 11.8 Å². The van der Waals surface area contributed by atoms with Gasteiger partial charge in [-0.15, -0.1) is 0 Å². The van der Waals surface area contributed by atoms with Crippen molar-refractivity contribution in [2.45, 2.75) is 26.2 Å². The third-order valence-electron chi connectivity index (χ3n) is 3.25. The lowest BCUT2D eigenvalue weighted by Gasteiger charge is -2.15. The molecule has 0 spiro atoms. The Morgan fingerprint density at radius 3 is 3.00 bits per heavy atom. The number of rotatable bonds is 5. The number of amides is 1. The van der Waals surface area contributed by atoms with Crippen molar-refractivity contribution in [3.8, 4) is 5.75 Å². The molecular weight excluding hydrogens is 272 g/mol. The van der Waals surface area contributed by atoms with E-state index in [4.69, 9.17) is 4.74 Å². The van der Waals surface area contributed by atoms with Crippen LogP contribution in [0, 0.1) is 0 Å². The van der Waals surface area contributed by atoms with E-state index in [1.165, 1.54) is 0 Å². The van der Waals surface area contributed by atoms with Crippen molar-refractivity contribution < 1.29 is 9.53 Å². The van der Waals surface area contributed by atoms with Gasteiger partial charge >= 0.3 is 0 Å². The first-order valence-corrected chi connectivity index (χ1v) is 7.88. The zero-order valence-corrected chi connectivity index (χ0v) is 12.7. The van der Waals surface area contributed by atoms with Crippen LogP contribution in [0.3, 0.4) is 0 Å². The van der Waals surface area contributed by atoms with E-state index >= 15 is 0 Å². The number of para-hydroxylation sites is 1. The third kappa shape index (κ3) is 4.00. The molecule has 0 saturated carbocycles. The van der Waals surface area contributed by atoms with E-state index in [1.807, 2.05) is 18.2 Å². The van der Waals surface area contributed by atoms with Crippen LogP contribution < -0.4 is 10.1 Å². The number of nitrogens with one attached hydrogen (secondary N) is 1. The lowest BCUT2D eigenvalue weighted by Crippen LogP contribution is -2.32. The average molecular weight is 292 g/mol. The van der Waals surface area contributed by atoms with Crippen LogP contribution in [0.25, 0.3) is 0 Å². The Balaban J connectivity index is 1.91. The molecule has 0 aromatic heterocycles. The fourth-order valence-electron chi connectivity index (χ4n) is 1.95. The topological polar surface area (TPSA) is 50.7 Å². The minimum atomic E-state index is -0.155. The fourth-order valence-corrected chi connectivity index (χ4v) is 2.69. The number of amidine groups is 1. The summed E-state index contributed by atoms with van der Waals surface area (Å²) < 4.78 is 5.66. The highest BCUT2D eigenvalue weighted by molar-refractivity contribution is 8.14. The van der Waals surface area contributed by atoms with Crippen molar-refractivity contribution in [1.29, 1.82) is 0 Å². The SMILES string of the molecule is CCC(C)c1ccccc1OCC(=O)NC1=NCCS1. The van der Waals surface area contributed by atoms with Gasteiger partial charge in [-0.1, -0.05) is 43.8 Å². The maximum Gasteiger partial charge on any atom is 0.263 e. The van der Waals surface area contributed by atoms with Crippen LogP contribution >= 0.6 is 11.8 Å². The first-order valence-electron chi connectivity index (χ1n) is 6.89. The molecular formula is C15H20N2O2S. The molecule has 5 heteroatoms. The molecule has 0 saturated heterocycles. The van der Waals surface area contributed by atoms with Gasteiger partial charge in [-0.3, -0.25) is 9.79 Å². The van der Waals surface area contributed by atoms with Crippen molar-refractivity contribution in [3.63, 3.8) is 0 Å². The summed E-state index contributed by atoms with van der Waals surface area (Å²) in [5, 5.41) is 3.46. The molecule has 1 unspecified atom stereocenters. The van der Waals surface area contributed by atoms with Crippen LogP contribution in [0.5, 0.6) is 5.75 Å². The molecule has 0 fully saturated rings. The number of ether oxygens (including phenoxy) is 1. The quantitative estimate of drug-likeness (QED) is 0.908. The highest BCUT2D eigenvalue weighted by atomic mass is 32.2. The summed E-state index contributed by atoms with van der Waals surface area (Å²) in [7, 11) is 0. The second-order valence-corrected chi connectivity index (χ2v) is 5.80. The van der Waals surface area contributed by atoms with Gasteiger partial charge in [-0.2, -0.15) is 0 Å². The van der Waals surface area contributed by atoms with Crippen LogP contribution in [0.15, 0.2) is 29.3 Å². The lowest BCUT2D eigenvalue weighted by atomic mass is 9.98. The zero-order chi connectivity index (χ0) is 14.4. The Morgan fingerprint density at radius 2 is 2.30 bits per heavy atom. The predicted octanol–water partition coefficient (Wildman–Crippen LogP) is 2.80. The van der Waals surface area contributed by atoms with Crippen molar-refractivity contribution in [2.75, 3.05) is 18.9 Å². The number of carbonyl (C=O) groups is 1. The maximum atomic E-state index is 11.8. The van der Waals surface area contributed by atoms with Crippen LogP contribution in [-0.2, 0) is 4.79 Å². The predicted molar refractivity (Wildman–Crippen MR) is 83.5 cm³/mol. The van der Waals surface area contributed by atoms with Gasteiger partial charge in [0.2, 0.25) is 0 Å². The Bertz CT molecular complexity index is 502. The summed E-state index contributed by atoms with van der Waals surface area (Å²) >= 11 is 1.57. The van der Waals surface area contributed by atoms with Crippen LogP contribution in [-0.4, -0.2) is 30.0 Å². The van der Waals surface area contributed by atoms with E-state index in [0.29, 0.717) is 11.1 Å². The van der Waals surface area contributed by atoms with Gasteiger partial charge in [0, 0.05) is 5.75 Å². The number of benzene rings is 1. The summed E-state index contributed by atoms with van der Waals surface area (Å²) in [6, 6.07) is 7.89. The van der Waals surface area contributed by atoms with Gasteiger partial charge in [0.25, 0.3) is 5.91 Å². The Kier molecular flexibility index (Phi) is 5.47. The smallest absolute Gasteiger partial charge is 0.263 e. The van der Waals surface area contributed by atoms with Gasteiger partial charge in [0.05, 0.1) is 6.54 Å². The standard InChI is InChI=1S/C15H20N2O2S/c1-3-11(2)12-6-4-5-7-13(12)19-10-14(18)17-15-16-8-9-20-15/h4-7,11H,3,8-10H2,1-2H3,(H,16,17,18). The molecule has 1 aromatic carbocycles. The van der Waals surface area contributed by atoms with Crippen molar-refractivity contribution in [1.82, 2.24) is 5.32 Å². The van der Waals surface area contributed by atoms with E-state index in [9.17, 15) is 4.79 Å². The minimum absolute atomic E-state index is 0.0209. The highest BCUT2D eigenvalue weighted by Crippen LogP contribution is 2.28. The molecule has 1 N–H and O–H groups in total. The molecule has 1 aliphatic heterocycles. The van der Waals surface area contributed by atoms with Gasteiger partial charge in [-0.25, -0.2) is 0 Å². The molecule has 0 aliphatic carbocycles. The average Bonchev–Trinajstić information content (AvgIpc) is 2.97. The second-order valence-electron chi connectivity index (χ2n) is 4.72. The van der Waals surface area contributed by atoms with E-state index in [1.54, 1.807) is 11.8 Å². The van der Waals surface area contributed by atoms with E-state index in [0.717, 1.165) is 30.0 Å². The summed E-state index contributed by atoms with van der Waals surface area (Å²) in [5.74, 6) is 1.99. The van der Waals surface area contributed by atoms with Crippen LogP contribution in [0.4, 0.5) is 0 Å². The minimum Gasteiger partial charge on any atom is -0.483 e. The highest BCUT2D eigenvalue weighted by Gasteiger charge is 2.13. The van der Waals surface area contributed by atoms with E-state index < -0.39 is 0 Å². The second kappa shape index (κ2) is 7.33. The molecule has 4 nitrogen and oxygen atoms in total. The van der Waals surface area contributed by atoms with Gasteiger partial charge in [-0.05, 0) is 24.0 Å². The van der Waals surface area contributed by atoms with Crippen molar-refractivity contribution in [2.24, 2.45) is 4.99 Å². The normalized spacial score (nSPS) is 15.6.